The summed E-state index contributed by atoms with van der Waals surface area (Å²) in [6, 6.07) is 4.81. The number of nitrogens with two attached hydrogens (primary N) is 1. The highest BCUT2D eigenvalue weighted by Crippen LogP contribution is 2.37. The summed E-state index contributed by atoms with van der Waals surface area (Å²) in [4.78, 5) is 10.7. The number of rotatable bonds is 3. The molecule has 1 aliphatic heterocycles. The maximum Gasteiger partial charge on any atom is 0.514 e. The van der Waals surface area contributed by atoms with Crippen LogP contribution in [-0.4, -0.2) is 30.2 Å². The maximum absolute atomic E-state index is 10.7. The minimum absolute atomic E-state index is 0.165. The molecule has 0 atom stereocenters. The first kappa shape index (κ1) is 14.7. The normalized spacial score (nSPS) is 19.9. The molecule has 1 aliphatic rings. The SMILES string of the molecule is CC1(C)OB(C(=N)c2ccc(C=O)cc2N)OC1(C)C. The highest BCUT2D eigenvalue weighted by Gasteiger charge is 2.53. The van der Waals surface area contributed by atoms with Crippen molar-refractivity contribution in [1.82, 2.24) is 0 Å². The van der Waals surface area contributed by atoms with Crippen LogP contribution in [-0.2, 0) is 9.31 Å². The molecular weight excluding hydrogens is 255 g/mol. The summed E-state index contributed by atoms with van der Waals surface area (Å²) in [6.07, 6.45) is 0.721. The average molecular weight is 274 g/mol. The van der Waals surface area contributed by atoms with Crippen LogP contribution in [0, 0.1) is 5.41 Å². The van der Waals surface area contributed by atoms with Gasteiger partial charge in [0.05, 0.1) is 16.8 Å². The van der Waals surface area contributed by atoms with Gasteiger partial charge < -0.3 is 20.5 Å². The Bertz CT molecular complexity index is 554. The number of benzene rings is 1. The lowest BCUT2D eigenvalue weighted by molar-refractivity contribution is 0.00578. The second kappa shape index (κ2) is 4.72. The van der Waals surface area contributed by atoms with Crippen molar-refractivity contribution in [2.45, 2.75) is 38.9 Å². The smallest absolute Gasteiger partial charge is 0.398 e. The largest absolute Gasteiger partial charge is 0.514 e. The Labute approximate surface area is 119 Å². The summed E-state index contributed by atoms with van der Waals surface area (Å²) in [6.45, 7) is 7.72. The number of anilines is 1. The van der Waals surface area contributed by atoms with E-state index in [4.69, 9.17) is 20.5 Å². The van der Waals surface area contributed by atoms with Crippen LogP contribution in [0.4, 0.5) is 5.69 Å². The first-order chi connectivity index (χ1) is 9.18. The second-order valence-electron chi connectivity index (χ2n) is 5.97. The number of carbonyl (C=O) groups is 1. The number of carbonyl (C=O) groups excluding carboxylic acids is 1. The molecule has 0 amide bonds. The third kappa shape index (κ3) is 2.36. The highest BCUT2D eigenvalue weighted by atomic mass is 16.7. The van der Waals surface area contributed by atoms with Gasteiger partial charge in [-0.1, -0.05) is 12.1 Å². The molecule has 106 valence electrons. The molecule has 0 unspecified atom stereocenters. The van der Waals surface area contributed by atoms with Crippen LogP contribution in [0.25, 0.3) is 0 Å². The van der Waals surface area contributed by atoms with Crippen LogP contribution < -0.4 is 5.73 Å². The third-order valence-corrected chi connectivity index (χ3v) is 3.99. The summed E-state index contributed by atoms with van der Waals surface area (Å²) in [5, 5.41) is 8.23. The Morgan fingerprint density at radius 2 is 1.80 bits per heavy atom. The zero-order valence-electron chi connectivity index (χ0n) is 12.2. The molecule has 1 aromatic carbocycles. The van der Waals surface area contributed by atoms with Crippen LogP contribution >= 0.6 is 0 Å². The van der Waals surface area contributed by atoms with Gasteiger partial charge in [0.1, 0.15) is 6.29 Å². The standard InChI is InChI=1S/C14H19BN2O3/c1-13(2)14(3,4)20-15(19-13)12(17)10-6-5-9(8-18)7-11(10)16/h5-8,17H,16H2,1-4H3. The molecule has 6 heteroatoms. The topological polar surface area (TPSA) is 85.4 Å². The number of hydrogen-bond donors (Lipinski definition) is 2. The predicted molar refractivity (Wildman–Crippen MR) is 79.2 cm³/mol. The molecule has 0 aromatic heterocycles. The summed E-state index contributed by atoms with van der Waals surface area (Å²) >= 11 is 0. The van der Waals surface area contributed by atoms with Gasteiger partial charge in [-0.25, -0.2) is 0 Å². The van der Waals surface area contributed by atoms with E-state index >= 15 is 0 Å². The zero-order valence-corrected chi connectivity index (χ0v) is 12.2. The summed E-state index contributed by atoms with van der Waals surface area (Å²) < 4.78 is 11.6. The average Bonchev–Trinajstić information content (AvgIpc) is 2.57. The maximum atomic E-state index is 10.7. The Kier molecular flexibility index (Phi) is 3.48. The van der Waals surface area contributed by atoms with Crippen LogP contribution in [0.3, 0.4) is 0 Å². The van der Waals surface area contributed by atoms with Crippen LogP contribution in [0.5, 0.6) is 0 Å². The minimum Gasteiger partial charge on any atom is -0.398 e. The van der Waals surface area contributed by atoms with Crippen molar-refractivity contribution in [1.29, 1.82) is 5.41 Å². The van der Waals surface area contributed by atoms with E-state index in [1.807, 2.05) is 27.7 Å². The Morgan fingerprint density at radius 1 is 1.25 bits per heavy atom. The quantitative estimate of drug-likeness (QED) is 0.382. The van der Waals surface area contributed by atoms with Gasteiger partial charge >= 0.3 is 7.12 Å². The Morgan fingerprint density at radius 3 is 2.25 bits per heavy atom. The van der Waals surface area contributed by atoms with Gasteiger partial charge in [0.2, 0.25) is 0 Å². The molecular formula is C14H19BN2O3. The van der Waals surface area contributed by atoms with Gasteiger partial charge in [-0.05, 0) is 33.8 Å². The van der Waals surface area contributed by atoms with Crippen molar-refractivity contribution >= 4 is 24.7 Å². The van der Waals surface area contributed by atoms with Crippen LogP contribution in [0.15, 0.2) is 18.2 Å². The highest BCUT2D eigenvalue weighted by molar-refractivity contribution is 6.85. The van der Waals surface area contributed by atoms with Crippen molar-refractivity contribution in [3.63, 3.8) is 0 Å². The van der Waals surface area contributed by atoms with Crippen molar-refractivity contribution in [3.8, 4) is 0 Å². The predicted octanol–water partition coefficient (Wildman–Crippen LogP) is 2.08. The van der Waals surface area contributed by atoms with E-state index in [0.717, 1.165) is 6.29 Å². The molecule has 0 bridgehead atoms. The number of aldehydes is 1. The molecule has 0 radical (unpaired) electrons. The molecule has 20 heavy (non-hydrogen) atoms. The van der Waals surface area contributed by atoms with Crippen molar-refractivity contribution < 1.29 is 14.1 Å². The first-order valence-electron chi connectivity index (χ1n) is 6.47. The molecule has 0 aliphatic carbocycles. The summed E-state index contributed by atoms with van der Waals surface area (Å²) in [5.74, 6) is 0. The van der Waals surface area contributed by atoms with E-state index < -0.39 is 18.3 Å². The molecule has 1 aromatic rings. The van der Waals surface area contributed by atoms with E-state index in [1.54, 1.807) is 18.2 Å². The Balaban J connectivity index is 2.28. The van der Waals surface area contributed by atoms with Gasteiger partial charge in [0.25, 0.3) is 0 Å². The molecule has 5 nitrogen and oxygen atoms in total. The first-order valence-corrected chi connectivity index (χ1v) is 6.47. The van der Waals surface area contributed by atoms with E-state index in [1.165, 1.54) is 0 Å². The molecule has 1 saturated heterocycles. The number of nitrogen functional groups attached to an aromatic ring is 1. The fourth-order valence-electron chi connectivity index (χ4n) is 1.99. The van der Waals surface area contributed by atoms with Gasteiger partial charge in [-0.2, -0.15) is 0 Å². The van der Waals surface area contributed by atoms with E-state index in [9.17, 15) is 4.79 Å². The minimum atomic E-state index is -0.760. The van der Waals surface area contributed by atoms with Gasteiger partial charge in [0.15, 0.2) is 0 Å². The molecule has 3 N–H and O–H groups in total. The fraction of sp³-hybridized carbons (Fsp3) is 0.429. The monoisotopic (exact) mass is 274 g/mol. The van der Waals surface area contributed by atoms with Crippen LogP contribution in [0.2, 0.25) is 0 Å². The zero-order chi connectivity index (χ0) is 15.1. The summed E-state index contributed by atoms with van der Waals surface area (Å²) in [5.41, 5.74) is 6.43. The number of nitrogens with one attached hydrogen (secondary N) is 1. The lowest BCUT2D eigenvalue weighted by Gasteiger charge is -2.32. The van der Waals surface area contributed by atoms with Crippen LogP contribution in [0.1, 0.15) is 43.6 Å². The van der Waals surface area contributed by atoms with Crippen molar-refractivity contribution in [3.05, 3.63) is 29.3 Å². The van der Waals surface area contributed by atoms with Crippen molar-refractivity contribution in [2.75, 3.05) is 5.73 Å². The van der Waals surface area contributed by atoms with E-state index in [0.29, 0.717) is 16.8 Å². The number of hydrogen-bond acceptors (Lipinski definition) is 5. The van der Waals surface area contributed by atoms with Gasteiger partial charge in [0, 0.05) is 16.8 Å². The second-order valence-corrected chi connectivity index (χ2v) is 5.97. The lowest BCUT2D eigenvalue weighted by atomic mass is 9.77. The molecule has 0 saturated carbocycles. The van der Waals surface area contributed by atoms with E-state index in [2.05, 4.69) is 0 Å². The molecule has 1 heterocycles. The molecule has 1 fully saturated rings. The lowest BCUT2D eigenvalue weighted by Crippen LogP contribution is -2.41. The van der Waals surface area contributed by atoms with E-state index in [-0.39, 0.29) is 5.61 Å². The fourth-order valence-corrected chi connectivity index (χ4v) is 1.99. The Hall–Kier alpha value is -1.66. The van der Waals surface area contributed by atoms with Gasteiger partial charge in [-0.3, -0.25) is 4.79 Å². The van der Waals surface area contributed by atoms with Crippen molar-refractivity contribution in [2.24, 2.45) is 0 Å². The molecule has 0 spiro atoms. The van der Waals surface area contributed by atoms with Gasteiger partial charge in [-0.15, -0.1) is 0 Å². The third-order valence-electron chi connectivity index (χ3n) is 3.99. The summed E-state index contributed by atoms with van der Waals surface area (Å²) in [7, 11) is -0.760. The molecule has 2 rings (SSSR count).